The number of rotatable bonds is 34. The molecule has 0 bridgehead atoms. The van der Waals surface area contributed by atoms with E-state index in [0.29, 0.717) is 116 Å². The van der Waals surface area contributed by atoms with Gasteiger partial charge >= 0.3 is 31.9 Å². The normalized spacial score (nSPS) is 14.4. The summed E-state index contributed by atoms with van der Waals surface area (Å²) >= 11 is 12.9. The van der Waals surface area contributed by atoms with Gasteiger partial charge in [-0.15, -0.1) is 0 Å². The first-order valence-corrected chi connectivity index (χ1v) is 30.0. The summed E-state index contributed by atoms with van der Waals surface area (Å²) in [6.07, 6.45) is 0. The molecule has 0 saturated carbocycles. The summed E-state index contributed by atoms with van der Waals surface area (Å²) < 4.78 is 47.2. The number of urea groups is 1. The molecule has 1 fully saturated rings. The largest absolute Gasteiger partial charge is 3.00 e. The third-order valence-corrected chi connectivity index (χ3v) is 14.7. The molecule has 30 heteroatoms. The van der Waals surface area contributed by atoms with Gasteiger partial charge in [0.2, 0.25) is 5.91 Å². The fourth-order valence-electron chi connectivity index (χ4n) is 9.38. The Morgan fingerprint density at radius 2 is 1.03 bits per heavy atom. The van der Waals surface area contributed by atoms with Crippen molar-refractivity contribution >= 4 is 90.5 Å². The van der Waals surface area contributed by atoms with Crippen molar-refractivity contribution in [1.82, 2.24) is 44.9 Å². The monoisotopic (exact) mass is 1400 g/mol. The van der Waals surface area contributed by atoms with E-state index in [1.54, 1.807) is 73.7 Å². The fraction of sp³-hybridized carbons (Fsp3) is 0.550. The number of amides is 4. The van der Waals surface area contributed by atoms with E-state index in [1.807, 2.05) is 45.0 Å². The SMILES string of the molecule is COc1cc2c(cc1-c1ccc(NC(=O)NCCOCCOCCOCCOCCOCCOCCNC(=O)CN3CCN(CC(=O)[O-])CCN(CC(=O)[O-])CCN(CC(=O)[O-])CC3)cc1)-c1c(c(C(=O)N(C)C(C)(C)C)nn1-c1cc(Cl)cc(Cl)c1)CO2.[In+3]. The van der Waals surface area contributed by atoms with E-state index in [-0.39, 0.29) is 148 Å². The number of nitrogens with zero attached hydrogens (tertiary/aromatic N) is 7. The van der Waals surface area contributed by atoms with Crippen molar-refractivity contribution in [1.29, 1.82) is 0 Å². The maximum absolute atomic E-state index is 14.0. The van der Waals surface area contributed by atoms with Crippen molar-refractivity contribution in [2.45, 2.75) is 32.9 Å². The molecular formula is C60H81Cl2InN10O17. The Morgan fingerprint density at radius 1 is 0.600 bits per heavy atom. The van der Waals surface area contributed by atoms with E-state index in [1.165, 1.54) is 0 Å². The first-order chi connectivity index (χ1) is 42.7. The predicted octanol–water partition coefficient (Wildman–Crippen LogP) is -0.288. The zero-order chi connectivity index (χ0) is 64.3. The van der Waals surface area contributed by atoms with Gasteiger partial charge in [0.25, 0.3) is 5.91 Å². The Morgan fingerprint density at radius 3 is 1.47 bits per heavy atom. The third kappa shape index (κ3) is 25.3. The first-order valence-electron chi connectivity index (χ1n) is 29.3. The Bertz CT molecular complexity index is 2910. The molecule has 1 aromatic heterocycles. The molecule has 27 nitrogen and oxygen atoms in total. The molecule has 3 heterocycles. The number of nitrogens with one attached hydrogen (secondary N) is 3. The second-order valence-corrected chi connectivity index (χ2v) is 22.7. The fourth-order valence-corrected chi connectivity index (χ4v) is 9.90. The van der Waals surface area contributed by atoms with E-state index >= 15 is 0 Å². The first kappa shape index (κ1) is 74.9. The van der Waals surface area contributed by atoms with Crippen LogP contribution >= 0.6 is 23.2 Å². The summed E-state index contributed by atoms with van der Waals surface area (Å²) in [6, 6.07) is 15.7. The molecule has 0 radical (unpaired) electrons. The second kappa shape index (κ2) is 38.9. The van der Waals surface area contributed by atoms with Gasteiger partial charge in [-0.2, -0.15) is 5.10 Å². The van der Waals surface area contributed by atoms with Crippen LogP contribution in [0.25, 0.3) is 28.1 Å². The maximum atomic E-state index is 14.0. The van der Waals surface area contributed by atoms with E-state index < -0.39 is 36.0 Å². The topological polar surface area (TPSA) is 316 Å². The number of carboxylic acids is 3. The second-order valence-electron chi connectivity index (χ2n) is 21.8. The minimum Gasteiger partial charge on any atom is -0.549 e. The number of aliphatic carboxylic acids is 3. The quantitative estimate of drug-likeness (QED) is 0.0506. The number of anilines is 1. The van der Waals surface area contributed by atoms with Gasteiger partial charge in [-0.05, 0) is 62.7 Å². The van der Waals surface area contributed by atoms with E-state index in [2.05, 4.69) is 16.0 Å². The molecule has 0 aliphatic carbocycles. The van der Waals surface area contributed by atoms with E-state index in [9.17, 15) is 44.1 Å². The van der Waals surface area contributed by atoms with Crippen LogP contribution in [0.4, 0.5) is 10.5 Å². The van der Waals surface area contributed by atoms with Gasteiger partial charge in [0.05, 0.1) is 122 Å². The molecule has 0 spiro atoms. The molecule has 490 valence electrons. The average molecular weight is 1400 g/mol. The van der Waals surface area contributed by atoms with Crippen molar-refractivity contribution in [3.8, 4) is 39.6 Å². The van der Waals surface area contributed by atoms with Gasteiger partial charge < -0.3 is 88.4 Å². The van der Waals surface area contributed by atoms with Crippen LogP contribution in [0.1, 0.15) is 36.8 Å². The number of benzene rings is 3. The van der Waals surface area contributed by atoms with Crippen LogP contribution in [0.5, 0.6) is 11.5 Å². The van der Waals surface area contributed by atoms with Gasteiger partial charge in [-0.1, -0.05) is 35.3 Å². The number of aromatic nitrogens is 2. The zero-order valence-corrected chi connectivity index (χ0v) is 56.5. The standard InChI is InChI=1S/C60H84Cl2N10O17.In/c1-60(2,3)67(4)58(80)56-49-41-89-51-36-50(82-5)47(35-48(51)57(49)72(66-56)46-33-43(61)32-44(62)34-46)42-6-8-45(9-7-42)65-59(81)64-11-21-84-23-25-86-27-29-88-31-30-87-28-26-85-24-22-83-20-10-63-52(73)37-68-12-14-69(38-53(74)75)16-18-71(40-55(78)79)19-17-70(15-13-68)39-54(76)77;/h6-9,32-36H,10-31,37-41H2,1-5H3,(H,63,73)(H,74,75)(H,76,77)(H,78,79)(H2,64,65,81);/q;+3/p-3. The third-order valence-electron chi connectivity index (χ3n) is 14.3. The van der Waals surface area contributed by atoms with Crippen molar-refractivity contribution in [3.63, 3.8) is 0 Å². The van der Waals surface area contributed by atoms with Gasteiger partial charge in [0.15, 0.2) is 5.69 Å². The molecule has 3 aromatic carbocycles. The number of halogens is 2. The summed E-state index contributed by atoms with van der Waals surface area (Å²) in [6.45, 7) is 11.1. The number of methoxy groups -OCH3 is 1. The number of fused-ring (bicyclic) bond motifs is 3. The summed E-state index contributed by atoms with van der Waals surface area (Å²) in [5.41, 5.74) is 4.37. The van der Waals surface area contributed by atoms with Crippen LogP contribution < -0.4 is 40.7 Å². The average Bonchev–Trinajstić information content (AvgIpc) is 1.54. The summed E-state index contributed by atoms with van der Waals surface area (Å²) in [5.74, 6) is -3.36. The minimum absolute atomic E-state index is 0. The molecule has 4 amide bonds. The summed E-state index contributed by atoms with van der Waals surface area (Å²) in [7, 11) is 3.32. The molecule has 6 rings (SSSR count). The Balaban J connectivity index is 0.0000147. The number of carboxylic acid groups (broad SMARTS) is 3. The van der Waals surface area contributed by atoms with Crippen LogP contribution in [0.3, 0.4) is 0 Å². The molecule has 0 atom stereocenters. The van der Waals surface area contributed by atoms with Crippen LogP contribution in [-0.4, -0.2) is 286 Å². The number of ether oxygens (including phenoxy) is 8. The van der Waals surface area contributed by atoms with Crippen LogP contribution in [0.2, 0.25) is 10.0 Å². The van der Waals surface area contributed by atoms with Gasteiger partial charge in [-0.25, -0.2) is 9.48 Å². The summed E-state index contributed by atoms with van der Waals surface area (Å²) in [5, 5.41) is 48.2. The van der Waals surface area contributed by atoms with Gasteiger partial charge in [-0.3, -0.25) is 29.2 Å². The minimum atomic E-state index is -1.30. The van der Waals surface area contributed by atoms with E-state index in [4.69, 9.17) is 66.2 Å². The number of carbonyl (C=O) groups excluding carboxylic acids is 6. The van der Waals surface area contributed by atoms with Gasteiger partial charge in [0, 0.05) is 136 Å². The van der Waals surface area contributed by atoms with Crippen LogP contribution in [0.15, 0.2) is 54.6 Å². The van der Waals surface area contributed by atoms with Crippen molar-refractivity contribution in [2.24, 2.45) is 0 Å². The zero-order valence-electron chi connectivity index (χ0n) is 51.7. The van der Waals surface area contributed by atoms with Crippen molar-refractivity contribution in [2.75, 3.05) is 190 Å². The number of hydrogen-bond acceptors (Lipinski definition) is 22. The van der Waals surface area contributed by atoms with E-state index in [0.717, 1.165) is 11.1 Å². The Kier molecular flexibility index (Phi) is 32.3. The molecule has 1 saturated heterocycles. The molecule has 4 aromatic rings. The number of hydrogen-bond donors (Lipinski definition) is 3. The Labute approximate surface area is 553 Å². The van der Waals surface area contributed by atoms with Crippen LogP contribution in [0, 0.1) is 0 Å². The molecule has 3 N–H and O–H groups in total. The Hall–Kier alpha value is -5.86. The van der Waals surface area contributed by atoms with Crippen molar-refractivity contribution < 1.29 is 82.0 Å². The number of carbonyl (C=O) groups is 6. The molecule has 2 aliphatic heterocycles. The summed E-state index contributed by atoms with van der Waals surface area (Å²) in [4.78, 5) is 81.9. The molecule has 0 unspecified atom stereocenters. The predicted molar refractivity (Wildman–Crippen MR) is 329 cm³/mol. The van der Waals surface area contributed by atoms with Gasteiger partial charge in [0.1, 0.15) is 18.1 Å². The van der Waals surface area contributed by atoms with Crippen molar-refractivity contribution in [3.05, 3.63) is 75.9 Å². The van der Waals surface area contributed by atoms with Crippen LogP contribution in [-0.2, 0) is 54.2 Å². The molecule has 90 heavy (non-hydrogen) atoms. The molecule has 2 aliphatic rings. The smallest absolute Gasteiger partial charge is 0.549 e. The maximum Gasteiger partial charge on any atom is 3.00 e. The molecular weight excluding hydrogens is 1320 g/mol.